The third kappa shape index (κ3) is 7.14. The van der Waals surface area contributed by atoms with Gasteiger partial charge in [-0.3, -0.25) is 4.99 Å². The third-order valence-corrected chi connectivity index (χ3v) is 6.46. The van der Waals surface area contributed by atoms with Crippen LogP contribution in [0.5, 0.6) is 0 Å². The van der Waals surface area contributed by atoms with Gasteiger partial charge in [0.2, 0.25) is 10.0 Å². The fourth-order valence-corrected chi connectivity index (χ4v) is 4.50. The van der Waals surface area contributed by atoms with Crippen molar-refractivity contribution >= 4 is 40.0 Å². The molecule has 1 aromatic carbocycles. The maximum atomic E-state index is 13.1. The van der Waals surface area contributed by atoms with Gasteiger partial charge < -0.3 is 20.3 Å². The predicted molar refractivity (Wildman–Crippen MR) is 123 cm³/mol. The molecule has 0 spiro atoms. The van der Waals surface area contributed by atoms with Crippen LogP contribution in [0.2, 0.25) is 0 Å². The molecule has 0 atom stereocenters. The van der Waals surface area contributed by atoms with Gasteiger partial charge in [0.1, 0.15) is 0 Å². The van der Waals surface area contributed by atoms with Crippen molar-refractivity contribution in [2.24, 2.45) is 4.99 Å². The number of piperazine rings is 1. The van der Waals surface area contributed by atoms with Gasteiger partial charge in [0.25, 0.3) is 0 Å². The molecule has 2 rings (SSSR count). The van der Waals surface area contributed by atoms with Crippen molar-refractivity contribution in [3.05, 3.63) is 29.8 Å². The van der Waals surface area contributed by atoms with Crippen LogP contribution in [-0.2, 0) is 21.3 Å². The molecule has 1 saturated heterocycles. The Bertz CT molecular complexity index is 722. The first-order chi connectivity index (χ1) is 13.0. The molecule has 0 amide bonds. The maximum Gasteiger partial charge on any atom is 0.243 e. The molecular weight excluding hydrogens is 493 g/mol. The van der Waals surface area contributed by atoms with Gasteiger partial charge in [0, 0.05) is 52.9 Å². The lowest BCUT2D eigenvalue weighted by Crippen LogP contribution is -2.47. The van der Waals surface area contributed by atoms with E-state index in [2.05, 4.69) is 20.5 Å². The highest BCUT2D eigenvalue weighted by atomic mass is 127. The molecule has 28 heavy (non-hydrogen) atoms. The maximum absolute atomic E-state index is 13.1. The van der Waals surface area contributed by atoms with Gasteiger partial charge in [-0.25, -0.2) is 8.42 Å². The molecule has 0 saturated carbocycles. The second-order valence-electron chi connectivity index (χ2n) is 6.36. The third-order valence-electron chi connectivity index (χ3n) is 4.47. The van der Waals surface area contributed by atoms with Crippen molar-refractivity contribution in [2.75, 3.05) is 60.0 Å². The number of hydrogen-bond acceptors (Lipinski definition) is 5. The molecule has 160 valence electrons. The summed E-state index contributed by atoms with van der Waals surface area (Å²) in [7, 11) is 0.181. The minimum Gasteiger partial charge on any atom is -0.380 e. The van der Waals surface area contributed by atoms with Crippen LogP contribution in [-0.4, -0.2) is 83.6 Å². The number of likely N-dealkylation sites (N-methyl/N-ethyl adjacent to an activating group) is 1. The Morgan fingerprint density at radius 3 is 2.50 bits per heavy atom. The molecule has 0 unspecified atom stereocenters. The summed E-state index contributed by atoms with van der Waals surface area (Å²) < 4.78 is 33.0. The van der Waals surface area contributed by atoms with Gasteiger partial charge >= 0.3 is 0 Å². The Morgan fingerprint density at radius 1 is 1.18 bits per heavy atom. The predicted octanol–water partition coefficient (Wildman–Crippen LogP) is 0.942. The lowest BCUT2D eigenvalue weighted by molar-refractivity contribution is 0.152. The molecule has 0 bridgehead atoms. The minimum absolute atomic E-state index is 0. The van der Waals surface area contributed by atoms with Crippen LogP contribution in [0.1, 0.15) is 12.5 Å². The number of nitrogens with one attached hydrogen (secondary N) is 2. The number of halogens is 1. The van der Waals surface area contributed by atoms with E-state index in [1.807, 2.05) is 26.1 Å². The second-order valence-corrected chi connectivity index (χ2v) is 8.27. The average Bonchev–Trinajstić information content (AvgIpc) is 2.68. The van der Waals surface area contributed by atoms with E-state index in [9.17, 15) is 8.42 Å². The van der Waals surface area contributed by atoms with Gasteiger partial charge in [-0.2, -0.15) is 4.31 Å². The summed E-state index contributed by atoms with van der Waals surface area (Å²) in [5, 5.41) is 6.33. The van der Waals surface area contributed by atoms with E-state index < -0.39 is 10.0 Å². The summed E-state index contributed by atoms with van der Waals surface area (Å²) in [6.45, 7) is 6.74. The fraction of sp³-hybridized carbons (Fsp3) is 0.611. The van der Waals surface area contributed by atoms with Crippen LogP contribution in [0.25, 0.3) is 0 Å². The van der Waals surface area contributed by atoms with Crippen molar-refractivity contribution in [3.8, 4) is 0 Å². The first-order valence-electron chi connectivity index (χ1n) is 9.28. The highest BCUT2D eigenvalue weighted by Gasteiger charge is 2.29. The van der Waals surface area contributed by atoms with E-state index in [-0.39, 0.29) is 24.0 Å². The van der Waals surface area contributed by atoms with E-state index in [1.165, 1.54) is 0 Å². The lowest BCUT2D eigenvalue weighted by Gasteiger charge is -2.32. The molecule has 1 aromatic rings. The van der Waals surface area contributed by atoms with Gasteiger partial charge in [0.15, 0.2) is 5.96 Å². The number of guanidine groups is 1. The standard InChI is InChI=1S/C18H31N5O3S.HI/c1-4-26-14-9-20-18(19-2)21-15-16-7-5-6-8-17(16)27(24,25)23-12-10-22(3)11-13-23;/h5-8H,4,9-15H2,1-3H3,(H2,19,20,21);1H. The van der Waals surface area contributed by atoms with Crippen molar-refractivity contribution in [3.63, 3.8) is 0 Å². The zero-order chi connectivity index (χ0) is 19.7. The molecule has 10 heteroatoms. The van der Waals surface area contributed by atoms with Crippen molar-refractivity contribution in [1.29, 1.82) is 0 Å². The van der Waals surface area contributed by atoms with Crippen LogP contribution < -0.4 is 10.6 Å². The molecular formula is C18H32IN5O3S. The lowest BCUT2D eigenvalue weighted by atomic mass is 10.2. The summed E-state index contributed by atoms with van der Waals surface area (Å²) in [6.07, 6.45) is 0. The number of sulfonamides is 1. The fourth-order valence-electron chi connectivity index (χ4n) is 2.85. The molecule has 8 nitrogen and oxygen atoms in total. The summed E-state index contributed by atoms with van der Waals surface area (Å²) >= 11 is 0. The zero-order valence-electron chi connectivity index (χ0n) is 16.8. The largest absolute Gasteiger partial charge is 0.380 e. The number of nitrogens with zero attached hydrogens (tertiary/aromatic N) is 3. The molecule has 1 aliphatic rings. The van der Waals surface area contributed by atoms with Gasteiger partial charge in [-0.05, 0) is 25.6 Å². The molecule has 2 N–H and O–H groups in total. The van der Waals surface area contributed by atoms with Crippen molar-refractivity contribution in [1.82, 2.24) is 19.8 Å². The van der Waals surface area contributed by atoms with Crippen molar-refractivity contribution < 1.29 is 13.2 Å². The Labute approximate surface area is 185 Å². The van der Waals surface area contributed by atoms with Crippen LogP contribution in [0.4, 0.5) is 0 Å². The van der Waals surface area contributed by atoms with Gasteiger partial charge in [0.05, 0.1) is 11.5 Å². The number of aliphatic imine (C=N–C) groups is 1. The normalized spacial score (nSPS) is 16.5. The van der Waals surface area contributed by atoms with Crippen LogP contribution in [0, 0.1) is 0 Å². The van der Waals surface area contributed by atoms with Gasteiger partial charge in [-0.15, -0.1) is 24.0 Å². The number of hydrogen-bond donors (Lipinski definition) is 2. The summed E-state index contributed by atoms with van der Waals surface area (Å²) in [6, 6.07) is 7.13. The Hall–Kier alpha value is -0.950. The van der Waals surface area contributed by atoms with E-state index in [1.54, 1.807) is 23.5 Å². The van der Waals surface area contributed by atoms with E-state index >= 15 is 0 Å². The smallest absolute Gasteiger partial charge is 0.243 e. The monoisotopic (exact) mass is 525 g/mol. The second kappa shape index (κ2) is 12.6. The molecule has 0 aliphatic carbocycles. The summed E-state index contributed by atoms with van der Waals surface area (Å²) in [4.78, 5) is 6.65. The summed E-state index contributed by atoms with van der Waals surface area (Å²) in [5.74, 6) is 0.613. The highest BCUT2D eigenvalue weighted by molar-refractivity contribution is 14.0. The highest BCUT2D eigenvalue weighted by Crippen LogP contribution is 2.21. The Kier molecular flexibility index (Phi) is 11.3. The first kappa shape index (κ1) is 25.1. The summed E-state index contributed by atoms with van der Waals surface area (Å²) in [5.41, 5.74) is 0.726. The molecule has 1 heterocycles. The minimum atomic E-state index is -3.51. The van der Waals surface area contributed by atoms with Crippen LogP contribution >= 0.6 is 24.0 Å². The van der Waals surface area contributed by atoms with Crippen LogP contribution in [0.3, 0.4) is 0 Å². The molecule has 0 aromatic heterocycles. The van der Waals surface area contributed by atoms with E-state index in [0.717, 1.165) is 18.7 Å². The Balaban J connectivity index is 0.00000392. The molecule has 0 radical (unpaired) electrons. The topological polar surface area (TPSA) is 86.3 Å². The molecule has 1 fully saturated rings. The van der Waals surface area contributed by atoms with E-state index in [0.29, 0.717) is 50.2 Å². The van der Waals surface area contributed by atoms with Crippen molar-refractivity contribution in [2.45, 2.75) is 18.4 Å². The number of benzene rings is 1. The van der Waals surface area contributed by atoms with Crippen LogP contribution in [0.15, 0.2) is 34.2 Å². The molecule has 1 aliphatic heterocycles. The zero-order valence-corrected chi connectivity index (χ0v) is 20.0. The first-order valence-corrected chi connectivity index (χ1v) is 10.7. The SMILES string of the molecule is CCOCCNC(=NC)NCc1ccccc1S(=O)(=O)N1CCN(C)CC1.I. The average molecular weight is 525 g/mol. The number of rotatable bonds is 8. The van der Waals surface area contributed by atoms with Gasteiger partial charge in [-0.1, -0.05) is 18.2 Å². The quantitative estimate of drug-likeness (QED) is 0.228. The van der Waals surface area contributed by atoms with E-state index in [4.69, 9.17) is 4.74 Å². The number of ether oxygens (including phenoxy) is 1. The Morgan fingerprint density at radius 2 is 1.86 bits per heavy atom.